The molecule has 0 aliphatic carbocycles. The van der Waals surface area contributed by atoms with Crippen molar-refractivity contribution in [2.45, 2.75) is 103 Å². The Morgan fingerprint density at radius 2 is 1.38 bits per heavy atom. The van der Waals surface area contributed by atoms with Crippen molar-refractivity contribution in [2.75, 3.05) is 39.6 Å². The van der Waals surface area contributed by atoms with E-state index >= 15 is 0 Å². The van der Waals surface area contributed by atoms with Crippen molar-refractivity contribution in [1.82, 2.24) is 0 Å². The lowest BCUT2D eigenvalue weighted by Crippen LogP contribution is -2.67. The number of unbranched alkanes of at least 4 members (excludes halogenated alkanes) is 3. The summed E-state index contributed by atoms with van der Waals surface area (Å²) in [5.41, 5.74) is 1.53. The molecule has 42 heavy (non-hydrogen) atoms. The average molecular weight is 607 g/mol. The van der Waals surface area contributed by atoms with Crippen LogP contribution in [0.4, 0.5) is 0 Å². The zero-order chi connectivity index (χ0) is 30.4. The summed E-state index contributed by atoms with van der Waals surface area (Å²) in [5.74, 6) is 0.831. The van der Waals surface area contributed by atoms with Gasteiger partial charge in [-0.15, -0.1) is 0 Å². The molecule has 4 atom stereocenters. The molecule has 0 amide bonds. The van der Waals surface area contributed by atoms with Crippen LogP contribution in [-0.2, 0) is 25.4 Å². The minimum atomic E-state index is -1.37. The molecule has 236 valence electrons. The van der Waals surface area contributed by atoms with E-state index in [0.717, 1.165) is 61.0 Å². The largest absolute Gasteiger partial charge is 0.494 e. The molecule has 2 aromatic carbocycles. The molecule has 1 heterocycles. The maximum absolute atomic E-state index is 10.7. The van der Waals surface area contributed by atoms with Gasteiger partial charge in [0, 0.05) is 24.8 Å². The third-order valence-corrected chi connectivity index (χ3v) is 8.14. The van der Waals surface area contributed by atoms with Gasteiger partial charge in [0.1, 0.15) is 35.8 Å². The fourth-order valence-electron chi connectivity index (χ4n) is 5.28. The number of aliphatic hydroxyl groups is 2. The predicted octanol–water partition coefficient (Wildman–Crippen LogP) is 6.68. The van der Waals surface area contributed by atoms with Crippen molar-refractivity contribution in [3.05, 3.63) is 64.2 Å². The highest BCUT2D eigenvalue weighted by molar-refractivity contribution is 6.31. The summed E-state index contributed by atoms with van der Waals surface area (Å²) in [6.45, 7) is 9.61. The van der Waals surface area contributed by atoms with Crippen LogP contribution < -0.4 is 4.74 Å². The molecule has 3 rings (SSSR count). The minimum Gasteiger partial charge on any atom is -0.494 e. The molecule has 0 radical (unpaired) electrons. The highest BCUT2D eigenvalue weighted by atomic mass is 35.5. The lowest BCUT2D eigenvalue weighted by Gasteiger charge is -2.52. The van der Waals surface area contributed by atoms with Crippen molar-refractivity contribution >= 4 is 11.6 Å². The van der Waals surface area contributed by atoms with Gasteiger partial charge in [0.2, 0.25) is 0 Å². The molecule has 2 aromatic rings. The van der Waals surface area contributed by atoms with Crippen molar-refractivity contribution in [2.24, 2.45) is 0 Å². The number of rotatable bonds is 19. The molecular formula is C34H51ClO7. The van der Waals surface area contributed by atoms with E-state index < -0.39 is 43.2 Å². The Morgan fingerprint density at radius 3 is 1.95 bits per heavy atom. The first-order chi connectivity index (χ1) is 20.5. The molecule has 0 aromatic heterocycles. The SMILES string of the molecule is CCCCO[C@@H]1[C@@H](OCCCC)[C@H](OCCCC)C(CO)(CO)O[C@H]1c1ccc(Cl)c(Cc2ccc(OCC)cc2)c1. The molecule has 1 aliphatic rings. The van der Waals surface area contributed by atoms with Gasteiger partial charge in [-0.3, -0.25) is 0 Å². The first-order valence-electron chi connectivity index (χ1n) is 15.7. The van der Waals surface area contributed by atoms with Crippen molar-refractivity contribution in [3.8, 4) is 5.75 Å². The van der Waals surface area contributed by atoms with E-state index in [0.29, 0.717) is 37.9 Å². The summed E-state index contributed by atoms with van der Waals surface area (Å²) < 4.78 is 31.7. The highest BCUT2D eigenvalue weighted by Gasteiger charge is 2.56. The van der Waals surface area contributed by atoms with E-state index in [2.05, 4.69) is 20.8 Å². The van der Waals surface area contributed by atoms with E-state index in [1.54, 1.807) is 0 Å². The first kappa shape index (κ1) is 34.8. The standard InChI is InChI=1S/C34H51ClO7/c1-5-9-18-39-31-30(26-14-17-29(35)27(22-26)21-25-12-15-28(16-13-25)38-8-4)42-34(23-36,24-37)33(41-20-11-7-3)32(31)40-19-10-6-2/h12-17,22,30-33,36-37H,5-11,18-21,23-24H2,1-4H3/t30-,31-,32+,33-/m0/s1. The van der Waals surface area contributed by atoms with Crippen LogP contribution in [-0.4, -0.2) is 73.8 Å². The highest BCUT2D eigenvalue weighted by Crippen LogP contribution is 2.43. The van der Waals surface area contributed by atoms with E-state index in [9.17, 15) is 10.2 Å². The van der Waals surface area contributed by atoms with E-state index in [1.807, 2.05) is 49.4 Å². The van der Waals surface area contributed by atoms with Crippen molar-refractivity contribution in [1.29, 1.82) is 0 Å². The van der Waals surface area contributed by atoms with Gasteiger partial charge >= 0.3 is 0 Å². The maximum atomic E-state index is 10.7. The van der Waals surface area contributed by atoms with E-state index in [1.165, 1.54) is 0 Å². The molecule has 0 saturated carbocycles. The summed E-state index contributed by atoms with van der Waals surface area (Å²) in [5, 5.41) is 22.0. The van der Waals surface area contributed by atoms with Gasteiger partial charge in [-0.05, 0) is 67.5 Å². The van der Waals surface area contributed by atoms with Crippen LogP contribution in [0.3, 0.4) is 0 Å². The Labute approximate surface area is 257 Å². The lowest BCUT2D eigenvalue weighted by molar-refractivity contribution is -0.313. The Bertz CT molecular complexity index is 1030. The fourth-order valence-corrected chi connectivity index (χ4v) is 5.47. The lowest BCUT2D eigenvalue weighted by atomic mass is 9.82. The van der Waals surface area contributed by atoms with Crippen LogP contribution in [0.2, 0.25) is 5.02 Å². The predicted molar refractivity (Wildman–Crippen MR) is 167 cm³/mol. The van der Waals surface area contributed by atoms with E-state index in [4.69, 9.17) is 35.3 Å². The fraction of sp³-hybridized carbons (Fsp3) is 0.647. The Morgan fingerprint density at radius 1 is 0.786 bits per heavy atom. The van der Waals surface area contributed by atoms with Crippen LogP contribution >= 0.6 is 11.6 Å². The Balaban J connectivity index is 2.01. The summed E-state index contributed by atoms with van der Waals surface area (Å²) in [4.78, 5) is 0. The summed E-state index contributed by atoms with van der Waals surface area (Å²) in [7, 11) is 0. The molecule has 7 nitrogen and oxygen atoms in total. The number of benzene rings is 2. The van der Waals surface area contributed by atoms with Crippen LogP contribution in [0.25, 0.3) is 0 Å². The van der Waals surface area contributed by atoms with Gasteiger partial charge < -0.3 is 33.9 Å². The van der Waals surface area contributed by atoms with Crippen molar-refractivity contribution < 1.29 is 33.9 Å². The molecular weight excluding hydrogens is 556 g/mol. The molecule has 8 heteroatoms. The monoisotopic (exact) mass is 606 g/mol. The smallest absolute Gasteiger partial charge is 0.144 e. The van der Waals surface area contributed by atoms with Gasteiger partial charge in [0.05, 0.1) is 19.8 Å². The number of halogens is 1. The summed E-state index contributed by atoms with van der Waals surface area (Å²) >= 11 is 6.70. The number of aliphatic hydroxyl groups excluding tert-OH is 2. The van der Waals surface area contributed by atoms with Crippen LogP contribution in [0.5, 0.6) is 5.75 Å². The molecule has 0 bridgehead atoms. The topological polar surface area (TPSA) is 86.6 Å². The second-order valence-corrected chi connectivity index (χ2v) is 11.5. The number of ether oxygens (including phenoxy) is 5. The second-order valence-electron chi connectivity index (χ2n) is 11.0. The van der Waals surface area contributed by atoms with Gasteiger partial charge in [-0.2, -0.15) is 0 Å². The summed E-state index contributed by atoms with van der Waals surface area (Å²) in [6, 6.07) is 13.9. The van der Waals surface area contributed by atoms with Crippen LogP contribution in [0.15, 0.2) is 42.5 Å². The number of hydrogen-bond donors (Lipinski definition) is 2. The third kappa shape index (κ3) is 9.15. The first-order valence-corrected chi connectivity index (χ1v) is 16.1. The molecule has 0 unspecified atom stereocenters. The van der Waals surface area contributed by atoms with Gasteiger partial charge in [0.15, 0.2) is 0 Å². The van der Waals surface area contributed by atoms with Crippen LogP contribution in [0, 0.1) is 0 Å². The minimum absolute atomic E-state index is 0.418. The summed E-state index contributed by atoms with van der Waals surface area (Å²) in [6.07, 6.45) is 3.79. The Hall–Kier alpha value is -1.71. The zero-order valence-corrected chi connectivity index (χ0v) is 26.6. The number of hydrogen-bond acceptors (Lipinski definition) is 7. The normalized spacial score (nSPS) is 21.9. The molecule has 0 spiro atoms. The molecule has 1 aliphatic heterocycles. The van der Waals surface area contributed by atoms with Crippen molar-refractivity contribution in [3.63, 3.8) is 0 Å². The molecule has 2 N–H and O–H groups in total. The zero-order valence-electron chi connectivity index (χ0n) is 25.9. The van der Waals surface area contributed by atoms with Crippen LogP contribution in [0.1, 0.15) is 89.0 Å². The van der Waals surface area contributed by atoms with Gasteiger partial charge in [0.25, 0.3) is 0 Å². The maximum Gasteiger partial charge on any atom is 0.144 e. The van der Waals surface area contributed by atoms with Gasteiger partial charge in [-0.25, -0.2) is 0 Å². The molecule has 1 saturated heterocycles. The van der Waals surface area contributed by atoms with E-state index in [-0.39, 0.29) is 0 Å². The Kier molecular flexibility index (Phi) is 15.1. The third-order valence-electron chi connectivity index (χ3n) is 7.77. The van der Waals surface area contributed by atoms with Gasteiger partial charge in [-0.1, -0.05) is 75.9 Å². The molecule has 1 fully saturated rings. The average Bonchev–Trinajstić information content (AvgIpc) is 3.00. The quantitative estimate of drug-likeness (QED) is 0.173. The second kappa shape index (κ2) is 18.2.